The van der Waals surface area contributed by atoms with Crippen molar-refractivity contribution in [3.8, 4) is 0 Å². The number of hydrogen-bond acceptors (Lipinski definition) is 3. The molecule has 0 aliphatic carbocycles. The van der Waals surface area contributed by atoms with E-state index in [0.717, 1.165) is 6.07 Å². The van der Waals surface area contributed by atoms with Gasteiger partial charge in [-0.3, -0.25) is 4.79 Å². The Kier molecular flexibility index (Phi) is 4.86. The largest absolute Gasteiger partial charge is 0.385 e. The standard InChI is InChI=1S/C11H13ClFNO2/c1-16-5-4-10(14)11(15)8-6-7(13)2-3-9(8)12/h2-3,6,10H,4-5,14H2,1H3. The van der Waals surface area contributed by atoms with Crippen LogP contribution in [-0.4, -0.2) is 25.5 Å². The van der Waals surface area contributed by atoms with Gasteiger partial charge in [-0.05, 0) is 24.6 Å². The van der Waals surface area contributed by atoms with Crippen molar-refractivity contribution in [3.05, 3.63) is 34.6 Å². The minimum Gasteiger partial charge on any atom is -0.385 e. The van der Waals surface area contributed by atoms with Crippen molar-refractivity contribution in [2.75, 3.05) is 13.7 Å². The molecule has 2 N–H and O–H groups in total. The smallest absolute Gasteiger partial charge is 0.181 e. The summed E-state index contributed by atoms with van der Waals surface area (Å²) in [6.07, 6.45) is 0.377. The number of ether oxygens (including phenoxy) is 1. The second kappa shape index (κ2) is 5.94. The lowest BCUT2D eigenvalue weighted by atomic mass is 10.0. The second-order valence-electron chi connectivity index (χ2n) is 3.38. The minimum absolute atomic E-state index is 0.116. The first-order valence-electron chi connectivity index (χ1n) is 4.80. The Morgan fingerprint density at radius 2 is 2.31 bits per heavy atom. The molecule has 88 valence electrons. The van der Waals surface area contributed by atoms with Gasteiger partial charge in [0.25, 0.3) is 0 Å². The van der Waals surface area contributed by atoms with Gasteiger partial charge in [-0.15, -0.1) is 0 Å². The second-order valence-corrected chi connectivity index (χ2v) is 3.78. The van der Waals surface area contributed by atoms with Crippen LogP contribution >= 0.6 is 11.6 Å². The van der Waals surface area contributed by atoms with Crippen LogP contribution in [0, 0.1) is 5.82 Å². The third-order valence-electron chi connectivity index (χ3n) is 2.16. The van der Waals surface area contributed by atoms with Crippen LogP contribution in [0.3, 0.4) is 0 Å². The van der Waals surface area contributed by atoms with Gasteiger partial charge in [-0.1, -0.05) is 11.6 Å². The molecule has 16 heavy (non-hydrogen) atoms. The van der Waals surface area contributed by atoms with E-state index >= 15 is 0 Å². The lowest BCUT2D eigenvalue weighted by Gasteiger charge is -2.11. The Hall–Kier alpha value is -0.970. The summed E-state index contributed by atoms with van der Waals surface area (Å²) in [6.45, 7) is 0.375. The average molecular weight is 246 g/mol. The molecule has 0 heterocycles. The highest BCUT2D eigenvalue weighted by Gasteiger charge is 2.18. The monoisotopic (exact) mass is 245 g/mol. The van der Waals surface area contributed by atoms with Gasteiger partial charge >= 0.3 is 0 Å². The maximum atomic E-state index is 12.9. The zero-order valence-corrected chi connectivity index (χ0v) is 9.63. The summed E-state index contributed by atoms with van der Waals surface area (Å²) in [5.74, 6) is -0.881. The molecule has 0 aromatic heterocycles. The zero-order valence-electron chi connectivity index (χ0n) is 8.87. The van der Waals surface area contributed by atoms with Gasteiger partial charge in [0.1, 0.15) is 5.82 Å². The van der Waals surface area contributed by atoms with Crippen LogP contribution in [0.15, 0.2) is 18.2 Å². The molecule has 0 bridgehead atoms. The molecule has 1 unspecified atom stereocenters. The lowest BCUT2D eigenvalue weighted by molar-refractivity contribution is 0.0935. The maximum Gasteiger partial charge on any atom is 0.181 e. The third-order valence-corrected chi connectivity index (χ3v) is 2.49. The highest BCUT2D eigenvalue weighted by atomic mass is 35.5. The molecule has 0 saturated carbocycles. The fourth-order valence-corrected chi connectivity index (χ4v) is 1.47. The topological polar surface area (TPSA) is 52.3 Å². The molecule has 1 atom stereocenters. The van der Waals surface area contributed by atoms with Gasteiger partial charge in [0.15, 0.2) is 5.78 Å². The summed E-state index contributed by atoms with van der Waals surface area (Å²) < 4.78 is 17.8. The molecule has 1 aromatic carbocycles. The number of methoxy groups -OCH3 is 1. The number of carbonyl (C=O) groups is 1. The predicted molar refractivity (Wildman–Crippen MR) is 60.2 cm³/mol. The fraction of sp³-hybridized carbons (Fsp3) is 0.364. The van der Waals surface area contributed by atoms with Crippen molar-refractivity contribution in [3.63, 3.8) is 0 Å². The van der Waals surface area contributed by atoms with Crippen LogP contribution in [0.2, 0.25) is 5.02 Å². The van der Waals surface area contributed by atoms with Gasteiger partial charge in [-0.2, -0.15) is 0 Å². The van der Waals surface area contributed by atoms with Crippen molar-refractivity contribution < 1.29 is 13.9 Å². The Balaban J connectivity index is 2.83. The molecular formula is C11H13ClFNO2. The quantitative estimate of drug-likeness (QED) is 0.808. The lowest BCUT2D eigenvalue weighted by Crippen LogP contribution is -2.32. The van der Waals surface area contributed by atoms with Crippen molar-refractivity contribution in [1.82, 2.24) is 0 Å². The van der Waals surface area contributed by atoms with E-state index < -0.39 is 11.9 Å². The van der Waals surface area contributed by atoms with E-state index in [-0.39, 0.29) is 16.4 Å². The highest BCUT2D eigenvalue weighted by molar-refractivity contribution is 6.34. The molecule has 1 aromatic rings. The summed E-state index contributed by atoms with van der Waals surface area (Å²) in [7, 11) is 1.52. The van der Waals surface area contributed by atoms with Gasteiger partial charge in [-0.25, -0.2) is 4.39 Å². The van der Waals surface area contributed by atoms with E-state index in [4.69, 9.17) is 22.1 Å². The third kappa shape index (κ3) is 3.27. The minimum atomic E-state index is -0.723. The molecular weight excluding hydrogens is 233 g/mol. The van der Waals surface area contributed by atoms with Crippen LogP contribution in [-0.2, 0) is 4.74 Å². The summed E-state index contributed by atoms with van der Waals surface area (Å²) in [4.78, 5) is 11.8. The number of Topliss-reactive ketones (excluding diaryl/α,β-unsaturated/α-hetero) is 1. The van der Waals surface area contributed by atoms with Gasteiger partial charge in [0.2, 0.25) is 0 Å². The van der Waals surface area contributed by atoms with Crippen LogP contribution in [0.5, 0.6) is 0 Å². The molecule has 0 spiro atoms. The summed E-state index contributed by atoms with van der Waals surface area (Å²) in [5.41, 5.74) is 5.76. The number of halogens is 2. The number of ketones is 1. The van der Waals surface area contributed by atoms with Crippen molar-refractivity contribution >= 4 is 17.4 Å². The van der Waals surface area contributed by atoms with Crippen LogP contribution in [0.1, 0.15) is 16.8 Å². The number of hydrogen-bond donors (Lipinski definition) is 1. The van der Waals surface area contributed by atoms with E-state index in [0.29, 0.717) is 13.0 Å². The molecule has 0 fully saturated rings. The van der Waals surface area contributed by atoms with Crippen LogP contribution in [0.25, 0.3) is 0 Å². The molecule has 0 amide bonds. The normalized spacial score (nSPS) is 12.5. The molecule has 0 aliphatic heterocycles. The van der Waals surface area contributed by atoms with Gasteiger partial charge in [0, 0.05) is 19.3 Å². The number of rotatable bonds is 5. The molecule has 1 rings (SSSR count). The van der Waals surface area contributed by atoms with Crippen LogP contribution < -0.4 is 5.73 Å². The highest BCUT2D eigenvalue weighted by Crippen LogP contribution is 2.19. The Labute approximate surface area is 98.3 Å². The van der Waals surface area contributed by atoms with E-state index in [2.05, 4.69) is 0 Å². The van der Waals surface area contributed by atoms with E-state index in [9.17, 15) is 9.18 Å². The fourth-order valence-electron chi connectivity index (χ4n) is 1.26. The van der Waals surface area contributed by atoms with Crippen molar-refractivity contribution in [2.45, 2.75) is 12.5 Å². The van der Waals surface area contributed by atoms with E-state index in [1.807, 2.05) is 0 Å². The molecule has 0 saturated heterocycles. The molecule has 0 aliphatic rings. The SMILES string of the molecule is COCCC(N)C(=O)c1cc(F)ccc1Cl. The van der Waals surface area contributed by atoms with Crippen LogP contribution in [0.4, 0.5) is 4.39 Å². The first-order valence-corrected chi connectivity index (χ1v) is 5.18. The number of carbonyl (C=O) groups excluding carboxylic acids is 1. The van der Waals surface area contributed by atoms with E-state index in [1.54, 1.807) is 0 Å². The number of benzene rings is 1. The maximum absolute atomic E-state index is 12.9. The Bertz CT molecular complexity index is 384. The van der Waals surface area contributed by atoms with E-state index in [1.165, 1.54) is 19.2 Å². The Morgan fingerprint density at radius 3 is 2.94 bits per heavy atom. The Morgan fingerprint density at radius 1 is 1.62 bits per heavy atom. The average Bonchev–Trinajstić information content (AvgIpc) is 2.28. The first-order chi connectivity index (χ1) is 7.56. The molecule has 0 radical (unpaired) electrons. The number of nitrogens with two attached hydrogens (primary N) is 1. The molecule has 3 nitrogen and oxygen atoms in total. The zero-order chi connectivity index (χ0) is 12.1. The summed E-state index contributed by atoms with van der Waals surface area (Å²) >= 11 is 5.79. The van der Waals surface area contributed by atoms with Gasteiger partial charge < -0.3 is 10.5 Å². The molecule has 5 heteroatoms. The van der Waals surface area contributed by atoms with Crippen molar-refractivity contribution in [1.29, 1.82) is 0 Å². The van der Waals surface area contributed by atoms with Gasteiger partial charge in [0.05, 0.1) is 11.1 Å². The predicted octanol–water partition coefficient (Wildman–Crippen LogP) is 2.03. The summed E-state index contributed by atoms with van der Waals surface area (Å²) in [5, 5.41) is 0.208. The first kappa shape index (κ1) is 13.1. The summed E-state index contributed by atoms with van der Waals surface area (Å²) in [6, 6.07) is 2.91. The van der Waals surface area contributed by atoms with Crippen molar-refractivity contribution in [2.24, 2.45) is 5.73 Å².